The Morgan fingerprint density at radius 1 is 0.486 bits per heavy atom. The number of hydrogen-bond acceptors (Lipinski definition) is 8. The third kappa shape index (κ3) is 40.5. The summed E-state index contributed by atoms with van der Waals surface area (Å²) >= 11 is 0. The Labute approximate surface area is 441 Å². The molecule has 0 aromatic carbocycles. The summed E-state index contributed by atoms with van der Waals surface area (Å²) in [4.78, 5) is 13.0. The Bertz CT molecular complexity index is 1450. The molecule has 72 heavy (non-hydrogen) atoms. The maximum absolute atomic E-state index is 13.0. The normalized spacial score (nSPS) is 19.9. The molecule has 1 heterocycles. The highest BCUT2D eigenvalue weighted by Gasteiger charge is 2.44. The van der Waals surface area contributed by atoms with Crippen LogP contribution in [0.15, 0.2) is 97.2 Å². The van der Waals surface area contributed by atoms with Crippen LogP contribution in [0.4, 0.5) is 0 Å². The molecule has 0 saturated carbocycles. The van der Waals surface area contributed by atoms with Gasteiger partial charge >= 0.3 is 0 Å². The highest BCUT2D eigenvalue weighted by Crippen LogP contribution is 2.23. The number of unbranched alkanes of at least 4 members (excludes halogenated alkanes) is 25. The van der Waals surface area contributed by atoms with Gasteiger partial charge in [0.15, 0.2) is 6.29 Å². The molecule has 7 atom stereocenters. The lowest BCUT2D eigenvalue weighted by atomic mass is 9.99. The van der Waals surface area contributed by atoms with E-state index in [1.54, 1.807) is 6.08 Å². The van der Waals surface area contributed by atoms with Crippen LogP contribution in [0, 0.1) is 0 Å². The molecule has 1 aliphatic heterocycles. The van der Waals surface area contributed by atoms with E-state index in [0.717, 1.165) is 83.5 Å². The van der Waals surface area contributed by atoms with Gasteiger partial charge in [0, 0.05) is 6.42 Å². The fraction of sp³-hybridized carbons (Fsp3) is 0.730. The maximum Gasteiger partial charge on any atom is 0.220 e. The summed E-state index contributed by atoms with van der Waals surface area (Å²) in [6.07, 6.45) is 67.7. The van der Waals surface area contributed by atoms with Crippen molar-refractivity contribution in [3.8, 4) is 0 Å². The van der Waals surface area contributed by atoms with Gasteiger partial charge in [-0.05, 0) is 89.9 Å². The highest BCUT2D eigenvalue weighted by atomic mass is 16.7. The number of aliphatic hydroxyl groups excluding tert-OH is 5. The number of amides is 1. The minimum absolute atomic E-state index is 0.225. The number of carbonyl (C=O) groups excluding carboxylic acids is 1. The number of nitrogens with one attached hydrogen (secondary N) is 1. The third-order valence-corrected chi connectivity index (χ3v) is 13.4. The Kier molecular flexibility index (Phi) is 48.1. The zero-order valence-corrected chi connectivity index (χ0v) is 45.9. The zero-order chi connectivity index (χ0) is 52.2. The van der Waals surface area contributed by atoms with Crippen molar-refractivity contribution in [2.45, 2.75) is 281 Å². The molecule has 7 unspecified atom stereocenters. The van der Waals surface area contributed by atoms with Crippen LogP contribution < -0.4 is 5.32 Å². The second-order valence-corrected chi connectivity index (χ2v) is 20.0. The van der Waals surface area contributed by atoms with E-state index in [1.165, 1.54) is 128 Å². The molecule has 9 nitrogen and oxygen atoms in total. The largest absolute Gasteiger partial charge is 0.394 e. The Morgan fingerprint density at radius 3 is 1.33 bits per heavy atom. The first-order valence-electron chi connectivity index (χ1n) is 29.5. The molecule has 9 heteroatoms. The van der Waals surface area contributed by atoms with E-state index in [1.807, 2.05) is 6.08 Å². The van der Waals surface area contributed by atoms with Crippen molar-refractivity contribution in [1.29, 1.82) is 0 Å². The van der Waals surface area contributed by atoms with E-state index in [4.69, 9.17) is 9.47 Å². The van der Waals surface area contributed by atoms with Crippen LogP contribution in [-0.2, 0) is 14.3 Å². The van der Waals surface area contributed by atoms with E-state index in [-0.39, 0.29) is 18.9 Å². The predicted molar refractivity (Wildman–Crippen MR) is 304 cm³/mol. The quantitative estimate of drug-likeness (QED) is 0.0261. The van der Waals surface area contributed by atoms with Crippen molar-refractivity contribution in [3.05, 3.63) is 97.2 Å². The van der Waals surface area contributed by atoms with Crippen molar-refractivity contribution < 1.29 is 39.8 Å². The molecule has 0 aromatic heterocycles. The molecule has 414 valence electrons. The summed E-state index contributed by atoms with van der Waals surface area (Å²) in [7, 11) is 0. The minimum Gasteiger partial charge on any atom is -0.394 e. The van der Waals surface area contributed by atoms with Gasteiger partial charge in [-0.15, -0.1) is 0 Å². The van der Waals surface area contributed by atoms with Gasteiger partial charge in [0.2, 0.25) is 5.91 Å². The lowest BCUT2D eigenvalue weighted by molar-refractivity contribution is -0.302. The van der Waals surface area contributed by atoms with Crippen LogP contribution in [0.25, 0.3) is 0 Å². The second-order valence-electron chi connectivity index (χ2n) is 20.0. The fourth-order valence-electron chi connectivity index (χ4n) is 8.74. The molecule has 1 rings (SSSR count). The van der Waals surface area contributed by atoms with Crippen molar-refractivity contribution in [3.63, 3.8) is 0 Å². The third-order valence-electron chi connectivity index (χ3n) is 13.4. The standard InChI is InChI=1S/C63H109NO8/c1-3-5-7-9-11-13-15-17-19-21-23-24-25-26-27-28-29-30-31-32-33-35-36-38-40-42-44-46-48-50-52-57(66)56(55-71-63-62(70)61(69)60(68)58(54-65)72-63)64-59(67)53-51-49-47-45-43-41-39-37-34-22-20-18-16-14-12-10-8-6-4-2/h6,8,12,14,18,20,34-37,41-44,50,52,56-58,60-63,65-66,68-70H,3-5,7,9-11,13,15-17,19,21-33,38-40,45-49,51,53-55H2,1-2H3,(H,64,67)/b8-6-,14-12-,20-18-,36-35+,37-34-,43-41-,44-42+,52-50+. The molecule has 1 aliphatic rings. The first kappa shape index (κ1) is 67.1. The smallest absolute Gasteiger partial charge is 0.220 e. The number of aliphatic hydroxyl groups is 5. The van der Waals surface area contributed by atoms with Gasteiger partial charge in [0.05, 0.1) is 25.4 Å². The molecule has 1 saturated heterocycles. The zero-order valence-electron chi connectivity index (χ0n) is 45.9. The molecule has 0 bridgehead atoms. The molecule has 1 amide bonds. The van der Waals surface area contributed by atoms with Crippen LogP contribution in [0.3, 0.4) is 0 Å². The van der Waals surface area contributed by atoms with Gasteiger partial charge in [-0.2, -0.15) is 0 Å². The van der Waals surface area contributed by atoms with Crippen LogP contribution in [0.1, 0.15) is 239 Å². The molecule has 6 N–H and O–H groups in total. The summed E-state index contributed by atoms with van der Waals surface area (Å²) in [5, 5.41) is 54.4. The van der Waals surface area contributed by atoms with Gasteiger partial charge in [-0.1, -0.05) is 239 Å². The van der Waals surface area contributed by atoms with Crippen LogP contribution in [-0.4, -0.2) is 87.5 Å². The van der Waals surface area contributed by atoms with Crippen molar-refractivity contribution in [1.82, 2.24) is 5.32 Å². The van der Waals surface area contributed by atoms with Crippen molar-refractivity contribution >= 4 is 5.91 Å². The van der Waals surface area contributed by atoms with E-state index in [9.17, 15) is 30.3 Å². The molecular formula is C63H109NO8. The SMILES string of the molecule is CC/C=C\C/C=C\C/C=C\C/C=C\C/C=C\CCCCCC(=O)NC(COC1OC(CO)C(O)C(O)C1O)C(O)/C=C/CC/C=C/CC/C=C/CCCCCCCCCCCCCCCCCCCCCC. The topological polar surface area (TPSA) is 149 Å². The van der Waals surface area contributed by atoms with E-state index in [0.29, 0.717) is 6.42 Å². The lowest BCUT2D eigenvalue weighted by Crippen LogP contribution is -2.60. The van der Waals surface area contributed by atoms with Gasteiger partial charge in [-0.3, -0.25) is 4.79 Å². The molecule has 0 aliphatic carbocycles. The van der Waals surface area contributed by atoms with Crippen molar-refractivity contribution in [2.24, 2.45) is 0 Å². The summed E-state index contributed by atoms with van der Waals surface area (Å²) in [5.74, 6) is -0.225. The highest BCUT2D eigenvalue weighted by molar-refractivity contribution is 5.76. The predicted octanol–water partition coefficient (Wildman–Crippen LogP) is 14.8. The van der Waals surface area contributed by atoms with E-state index in [2.05, 4.69) is 104 Å². The van der Waals surface area contributed by atoms with E-state index < -0.39 is 49.5 Å². The van der Waals surface area contributed by atoms with Gasteiger partial charge < -0.3 is 40.3 Å². The van der Waals surface area contributed by atoms with Crippen molar-refractivity contribution in [2.75, 3.05) is 13.2 Å². The Hall–Kier alpha value is -2.89. The van der Waals surface area contributed by atoms with Crippen LogP contribution in [0.2, 0.25) is 0 Å². The monoisotopic (exact) mass is 1010 g/mol. The molecule has 0 spiro atoms. The van der Waals surface area contributed by atoms with Gasteiger partial charge in [-0.25, -0.2) is 0 Å². The van der Waals surface area contributed by atoms with Gasteiger partial charge in [0.25, 0.3) is 0 Å². The Morgan fingerprint density at radius 2 is 0.875 bits per heavy atom. The number of rotatable bonds is 49. The number of hydrogen-bond donors (Lipinski definition) is 6. The maximum atomic E-state index is 13.0. The second kappa shape index (κ2) is 51.6. The molecule has 0 radical (unpaired) electrons. The molecule has 1 fully saturated rings. The summed E-state index contributed by atoms with van der Waals surface area (Å²) in [6.45, 7) is 3.63. The Balaban J connectivity index is 2.27. The average Bonchev–Trinajstić information content (AvgIpc) is 3.38. The number of ether oxygens (including phenoxy) is 2. The van der Waals surface area contributed by atoms with Crippen LogP contribution >= 0.6 is 0 Å². The summed E-state index contributed by atoms with van der Waals surface area (Å²) < 4.78 is 11.2. The summed E-state index contributed by atoms with van der Waals surface area (Å²) in [6, 6.07) is -0.853. The van der Waals surface area contributed by atoms with Gasteiger partial charge in [0.1, 0.15) is 24.4 Å². The van der Waals surface area contributed by atoms with E-state index >= 15 is 0 Å². The number of allylic oxidation sites excluding steroid dienone is 15. The molecule has 0 aromatic rings. The fourth-order valence-corrected chi connectivity index (χ4v) is 8.74. The number of carbonyl (C=O) groups is 1. The first-order chi connectivity index (χ1) is 35.3. The minimum atomic E-state index is -1.59. The average molecular weight is 1010 g/mol. The lowest BCUT2D eigenvalue weighted by Gasteiger charge is -2.40. The van der Waals surface area contributed by atoms with Crippen LogP contribution in [0.5, 0.6) is 0 Å². The molecular weight excluding hydrogens is 899 g/mol. The summed E-state index contributed by atoms with van der Waals surface area (Å²) in [5.41, 5.74) is 0. The first-order valence-corrected chi connectivity index (χ1v) is 29.5.